The van der Waals surface area contributed by atoms with Crippen LogP contribution in [-0.2, 0) is 6.61 Å². The second-order valence-corrected chi connectivity index (χ2v) is 5.39. The Labute approximate surface area is 116 Å². The van der Waals surface area contributed by atoms with Gasteiger partial charge in [0.25, 0.3) is 0 Å². The molecule has 0 bridgehead atoms. The molecule has 1 aliphatic carbocycles. The minimum atomic E-state index is -0.256. The molecule has 6 nitrogen and oxygen atoms in total. The molecule has 19 heavy (non-hydrogen) atoms. The number of amides is 2. The van der Waals surface area contributed by atoms with E-state index in [2.05, 4.69) is 10.2 Å². The summed E-state index contributed by atoms with van der Waals surface area (Å²) in [4.78, 5) is 15.7. The summed E-state index contributed by atoms with van der Waals surface area (Å²) in [6.07, 6.45) is 2.45. The summed E-state index contributed by atoms with van der Waals surface area (Å²) in [7, 11) is 0. The van der Waals surface area contributed by atoms with Crippen molar-refractivity contribution >= 4 is 23.4 Å². The molecule has 1 aromatic heterocycles. The summed E-state index contributed by atoms with van der Waals surface area (Å²) in [5.41, 5.74) is 0.326. The Morgan fingerprint density at radius 1 is 1.37 bits per heavy atom. The molecule has 1 saturated carbocycles. The smallest absolute Gasteiger partial charge is 0.325 e. The number of aromatic nitrogens is 2. The second kappa shape index (κ2) is 4.94. The first kappa shape index (κ1) is 12.6. The van der Waals surface area contributed by atoms with Crippen LogP contribution in [0.1, 0.15) is 18.5 Å². The summed E-state index contributed by atoms with van der Waals surface area (Å²) >= 11 is 5.97. The maximum atomic E-state index is 12.2. The van der Waals surface area contributed by atoms with E-state index < -0.39 is 0 Å². The molecule has 2 amide bonds. The van der Waals surface area contributed by atoms with Gasteiger partial charge in [-0.3, -0.25) is 4.90 Å². The first-order valence-electron chi connectivity index (χ1n) is 6.38. The molecule has 1 saturated heterocycles. The highest BCUT2D eigenvalue weighted by Gasteiger charge is 2.34. The number of urea groups is 1. The first-order chi connectivity index (χ1) is 9.19. The van der Waals surface area contributed by atoms with Crippen molar-refractivity contribution in [2.75, 3.05) is 24.5 Å². The molecule has 2 fully saturated rings. The number of halogens is 1. The summed E-state index contributed by atoms with van der Waals surface area (Å²) in [6.45, 7) is 1.91. The Hall–Kier alpha value is -1.40. The first-order valence-corrected chi connectivity index (χ1v) is 6.76. The average molecular weight is 283 g/mol. The lowest BCUT2D eigenvalue weighted by molar-refractivity contribution is 0.218. The molecule has 3 rings (SSSR count). The quantitative estimate of drug-likeness (QED) is 0.903. The standard InChI is InChI=1S/C12H15ClN4O2/c13-9-5-11(15-14-10(9)7-18)17-4-3-16(12(17)19)6-8-1-2-8/h5,8,18H,1-4,6-7H2. The van der Waals surface area contributed by atoms with Crippen LogP contribution in [0.15, 0.2) is 6.07 Å². The van der Waals surface area contributed by atoms with Crippen LogP contribution in [-0.4, -0.2) is 45.9 Å². The van der Waals surface area contributed by atoms with Crippen LogP contribution in [0.4, 0.5) is 10.6 Å². The third kappa shape index (κ3) is 2.50. The number of carbonyl (C=O) groups excluding carboxylic acids is 1. The van der Waals surface area contributed by atoms with Crippen LogP contribution in [0.5, 0.6) is 0 Å². The third-order valence-electron chi connectivity index (χ3n) is 3.50. The number of aliphatic hydroxyl groups is 1. The van der Waals surface area contributed by atoms with Gasteiger partial charge in [0.05, 0.1) is 11.6 Å². The van der Waals surface area contributed by atoms with E-state index in [-0.39, 0.29) is 12.6 Å². The minimum Gasteiger partial charge on any atom is -0.390 e. The van der Waals surface area contributed by atoms with Gasteiger partial charge in [-0.15, -0.1) is 10.2 Å². The van der Waals surface area contributed by atoms with E-state index in [9.17, 15) is 4.79 Å². The van der Waals surface area contributed by atoms with E-state index in [0.717, 1.165) is 13.1 Å². The molecule has 0 atom stereocenters. The van der Waals surface area contributed by atoms with Crippen molar-refractivity contribution in [1.29, 1.82) is 0 Å². The summed E-state index contributed by atoms with van der Waals surface area (Å²) in [5, 5.41) is 17.1. The zero-order valence-corrected chi connectivity index (χ0v) is 11.2. The van der Waals surface area contributed by atoms with Crippen molar-refractivity contribution in [2.45, 2.75) is 19.4 Å². The van der Waals surface area contributed by atoms with Crippen molar-refractivity contribution in [3.63, 3.8) is 0 Å². The fourth-order valence-corrected chi connectivity index (χ4v) is 2.40. The molecular weight excluding hydrogens is 268 g/mol. The Morgan fingerprint density at radius 2 is 2.16 bits per heavy atom. The molecule has 102 valence electrons. The van der Waals surface area contributed by atoms with Gasteiger partial charge in [-0.2, -0.15) is 0 Å². The SMILES string of the molecule is O=C1N(CC2CC2)CCN1c1cc(Cl)c(CO)nn1. The normalized spacial score (nSPS) is 19.4. The number of anilines is 1. The van der Waals surface area contributed by atoms with E-state index in [0.29, 0.717) is 29.0 Å². The van der Waals surface area contributed by atoms with E-state index in [1.165, 1.54) is 12.8 Å². The second-order valence-electron chi connectivity index (χ2n) is 4.98. The Kier molecular flexibility index (Phi) is 3.28. The topological polar surface area (TPSA) is 69.6 Å². The Bertz CT molecular complexity index is 507. The maximum absolute atomic E-state index is 12.2. The molecule has 0 spiro atoms. The number of nitrogens with zero attached hydrogens (tertiary/aromatic N) is 4. The molecule has 7 heteroatoms. The monoisotopic (exact) mass is 282 g/mol. The molecule has 2 aliphatic rings. The number of hydrogen-bond donors (Lipinski definition) is 1. The summed E-state index contributed by atoms with van der Waals surface area (Å²) in [5.74, 6) is 1.13. The van der Waals surface area contributed by atoms with Gasteiger partial charge in [-0.25, -0.2) is 4.79 Å². The van der Waals surface area contributed by atoms with Gasteiger partial charge in [0.2, 0.25) is 0 Å². The molecule has 1 aliphatic heterocycles. The number of carbonyl (C=O) groups is 1. The van der Waals surface area contributed by atoms with Gasteiger partial charge in [0, 0.05) is 25.7 Å². The highest BCUT2D eigenvalue weighted by Crippen LogP contribution is 2.31. The maximum Gasteiger partial charge on any atom is 0.325 e. The van der Waals surface area contributed by atoms with E-state index in [1.807, 2.05) is 4.90 Å². The largest absolute Gasteiger partial charge is 0.390 e. The van der Waals surface area contributed by atoms with Crippen LogP contribution < -0.4 is 4.90 Å². The van der Waals surface area contributed by atoms with Crippen molar-refractivity contribution < 1.29 is 9.90 Å². The van der Waals surface area contributed by atoms with E-state index >= 15 is 0 Å². The number of rotatable bonds is 4. The van der Waals surface area contributed by atoms with Gasteiger partial charge >= 0.3 is 6.03 Å². The lowest BCUT2D eigenvalue weighted by Gasteiger charge is -2.17. The van der Waals surface area contributed by atoms with Crippen molar-refractivity contribution in [1.82, 2.24) is 15.1 Å². The fourth-order valence-electron chi connectivity index (χ4n) is 2.20. The van der Waals surface area contributed by atoms with Crippen LogP contribution >= 0.6 is 11.6 Å². The van der Waals surface area contributed by atoms with Gasteiger partial charge in [0.1, 0.15) is 5.69 Å². The van der Waals surface area contributed by atoms with Crippen molar-refractivity contribution in [3.8, 4) is 0 Å². The van der Waals surface area contributed by atoms with Gasteiger partial charge < -0.3 is 10.0 Å². The van der Waals surface area contributed by atoms with Crippen molar-refractivity contribution in [2.24, 2.45) is 5.92 Å². The number of hydrogen-bond acceptors (Lipinski definition) is 4. The highest BCUT2D eigenvalue weighted by molar-refractivity contribution is 6.31. The summed E-state index contributed by atoms with van der Waals surface area (Å²) < 4.78 is 0. The van der Waals surface area contributed by atoms with E-state index in [1.54, 1.807) is 11.0 Å². The number of aliphatic hydroxyl groups excluding tert-OH is 1. The molecule has 0 unspecified atom stereocenters. The van der Waals surface area contributed by atoms with Gasteiger partial charge in [-0.05, 0) is 18.8 Å². The molecule has 1 N–H and O–H groups in total. The zero-order chi connectivity index (χ0) is 13.4. The molecular formula is C12H15ClN4O2. The van der Waals surface area contributed by atoms with Crippen LogP contribution in [0, 0.1) is 5.92 Å². The van der Waals surface area contributed by atoms with Crippen LogP contribution in [0.25, 0.3) is 0 Å². The third-order valence-corrected chi connectivity index (χ3v) is 3.83. The lowest BCUT2D eigenvalue weighted by Crippen LogP contribution is -2.33. The predicted octanol–water partition coefficient (Wildman–Crippen LogP) is 1.27. The van der Waals surface area contributed by atoms with Crippen molar-refractivity contribution in [3.05, 3.63) is 16.8 Å². The lowest BCUT2D eigenvalue weighted by atomic mass is 10.4. The van der Waals surface area contributed by atoms with Gasteiger partial charge in [0.15, 0.2) is 5.82 Å². The Morgan fingerprint density at radius 3 is 2.79 bits per heavy atom. The minimum absolute atomic E-state index is 0.0333. The van der Waals surface area contributed by atoms with Gasteiger partial charge in [-0.1, -0.05) is 11.6 Å². The molecule has 0 radical (unpaired) electrons. The average Bonchev–Trinajstić information content (AvgIpc) is 3.14. The van der Waals surface area contributed by atoms with Crippen LogP contribution in [0.2, 0.25) is 5.02 Å². The Balaban J connectivity index is 1.75. The zero-order valence-electron chi connectivity index (χ0n) is 10.4. The summed E-state index contributed by atoms with van der Waals surface area (Å²) in [6, 6.07) is 1.55. The van der Waals surface area contributed by atoms with Crippen LogP contribution in [0.3, 0.4) is 0 Å². The predicted molar refractivity (Wildman–Crippen MR) is 70.0 cm³/mol. The fraction of sp³-hybridized carbons (Fsp3) is 0.583. The van der Waals surface area contributed by atoms with E-state index in [4.69, 9.17) is 16.7 Å². The molecule has 1 aromatic rings. The molecule has 2 heterocycles. The highest BCUT2D eigenvalue weighted by atomic mass is 35.5. The molecule has 0 aromatic carbocycles.